The zero-order valence-electron chi connectivity index (χ0n) is 43.2. The highest BCUT2D eigenvalue weighted by Gasteiger charge is 2.19. The van der Waals surface area contributed by atoms with E-state index in [9.17, 15) is 14.4 Å². The second-order valence-electron chi connectivity index (χ2n) is 20.3. The van der Waals surface area contributed by atoms with Crippen LogP contribution in [0.2, 0.25) is 0 Å². The second kappa shape index (κ2) is 49.8. The maximum absolute atomic E-state index is 12.8. The van der Waals surface area contributed by atoms with Crippen molar-refractivity contribution in [3.05, 3.63) is 0 Å². The van der Waals surface area contributed by atoms with Crippen LogP contribution in [-0.4, -0.2) is 37.2 Å². The van der Waals surface area contributed by atoms with Gasteiger partial charge in [-0.3, -0.25) is 14.4 Å². The predicted octanol–water partition coefficient (Wildman–Crippen LogP) is 18.5. The Labute approximate surface area is 393 Å². The summed E-state index contributed by atoms with van der Waals surface area (Å²) in [5.41, 5.74) is 0. The highest BCUT2D eigenvalue weighted by Crippen LogP contribution is 2.18. The molecule has 0 aliphatic carbocycles. The Morgan fingerprint density at radius 2 is 0.603 bits per heavy atom. The number of hydrogen-bond donors (Lipinski definition) is 0. The summed E-state index contributed by atoms with van der Waals surface area (Å²) < 4.78 is 16.8. The second-order valence-corrected chi connectivity index (χ2v) is 20.3. The van der Waals surface area contributed by atoms with Crippen LogP contribution in [0.15, 0.2) is 0 Å². The van der Waals surface area contributed by atoms with Crippen molar-refractivity contribution in [2.75, 3.05) is 13.2 Å². The van der Waals surface area contributed by atoms with Crippen molar-refractivity contribution in [2.24, 2.45) is 11.8 Å². The molecule has 0 saturated carbocycles. The number of carbonyl (C=O) groups is 3. The fourth-order valence-electron chi connectivity index (χ4n) is 8.66. The summed E-state index contributed by atoms with van der Waals surface area (Å²) in [5.74, 6) is 0.806. The van der Waals surface area contributed by atoms with Gasteiger partial charge in [-0.25, -0.2) is 0 Å². The van der Waals surface area contributed by atoms with E-state index in [0.717, 1.165) is 69.6 Å². The van der Waals surface area contributed by atoms with Gasteiger partial charge in [-0.05, 0) is 31.1 Å². The molecule has 1 unspecified atom stereocenters. The van der Waals surface area contributed by atoms with Crippen molar-refractivity contribution in [3.8, 4) is 0 Å². The van der Waals surface area contributed by atoms with Crippen LogP contribution in [0.5, 0.6) is 0 Å². The average molecular weight is 892 g/mol. The quantitative estimate of drug-likeness (QED) is 0.0344. The molecule has 63 heavy (non-hydrogen) atoms. The molecular weight excluding hydrogens is 781 g/mol. The van der Waals surface area contributed by atoms with Gasteiger partial charge in [0.1, 0.15) is 13.2 Å². The van der Waals surface area contributed by atoms with Gasteiger partial charge in [0.15, 0.2) is 6.10 Å². The summed E-state index contributed by atoms with van der Waals surface area (Å²) in [6.07, 6.45) is 52.5. The maximum atomic E-state index is 12.8. The summed E-state index contributed by atoms with van der Waals surface area (Å²) >= 11 is 0. The van der Waals surface area contributed by atoms with E-state index in [4.69, 9.17) is 14.2 Å². The van der Waals surface area contributed by atoms with Crippen molar-refractivity contribution in [1.82, 2.24) is 0 Å². The van der Waals surface area contributed by atoms with E-state index >= 15 is 0 Å². The molecule has 0 aromatic heterocycles. The summed E-state index contributed by atoms with van der Waals surface area (Å²) in [7, 11) is 0. The Morgan fingerprint density at radius 3 is 0.905 bits per heavy atom. The number of rotatable bonds is 51. The number of esters is 3. The topological polar surface area (TPSA) is 78.9 Å². The van der Waals surface area contributed by atoms with Crippen molar-refractivity contribution in [3.63, 3.8) is 0 Å². The maximum Gasteiger partial charge on any atom is 0.306 e. The van der Waals surface area contributed by atoms with Crippen LogP contribution >= 0.6 is 0 Å². The number of ether oxygens (including phenoxy) is 3. The minimum absolute atomic E-state index is 0.0642. The van der Waals surface area contributed by atoms with E-state index in [1.54, 1.807) is 0 Å². The highest BCUT2D eigenvalue weighted by molar-refractivity contribution is 5.71. The van der Waals surface area contributed by atoms with Gasteiger partial charge in [0, 0.05) is 19.3 Å². The van der Waals surface area contributed by atoms with Crippen molar-refractivity contribution in [2.45, 2.75) is 323 Å². The molecule has 0 radical (unpaired) electrons. The van der Waals surface area contributed by atoms with Gasteiger partial charge in [0.05, 0.1) is 0 Å². The molecule has 0 heterocycles. The van der Waals surface area contributed by atoms with Crippen LogP contribution in [0.4, 0.5) is 0 Å². The first-order valence-electron chi connectivity index (χ1n) is 28.3. The summed E-state index contributed by atoms with van der Waals surface area (Å²) in [4.78, 5) is 38.0. The molecule has 0 aliphatic rings. The number of carbonyl (C=O) groups excluding carboxylic acids is 3. The van der Waals surface area contributed by atoms with Gasteiger partial charge in [-0.1, -0.05) is 279 Å². The molecular formula is C57H110O6. The first-order chi connectivity index (χ1) is 30.8. The summed E-state index contributed by atoms with van der Waals surface area (Å²) in [6.45, 7) is 11.4. The monoisotopic (exact) mass is 891 g/mol. The lowest BCUT2D eigenvalue weighted by molar-refractivity contribution is -0.167. The molecule has 0 fully saturated rings. The Hall–Kier alpha value is -1.59. The normalized spacial score (nSPS) is 12.5. The Balaban J connectivity index is 4.19. The number of hydrogen-bond acceptors (Lipinski definition) is 6. The highest BCUT2D eigenvalue weighted by atomic mass is 16.6. The molecule has 0 aromatic rings. The summed E-state index contributed by atoms with van der Waals surface area (Å²) in [5, 5.41) is 0. The molecule has 0 amide bonds. The molecule has 374 valence electrons. The van der Waals surface area contributed by atoms with Gasteiger partial charge >= 0.3 is 17.9 Å². The van der Waals surface area contributed by atoms with Crippen LogP contribution < -0.4 is 0 Å². The van der Waals surface area contributed by atoms with E-state index in [0.29, 0.717) is 19.3 Å². The van der Waals surface area contributed by atoms with Gasteiger partial charge < -0.3 is 14.2 Å². The van der Waals surface area contributed by atoms with Crippen LogP contribution in [0, 0.1) is 11.8 Å². The lowest BCUT2D eigenvalue weighted by Gasteiger charge is -2.18. The lowest BCUT2D eigenvalue weighted by atomic mass is 9.99. The predicted molar refractivity (Wildman–Crippen MR) is 270 cm³/mol. The van der Waals surface area contributed by atoms with Gasteiger partial charge in [0.25, 0.3) is 0 Å². The van der Waals surface area contributed by atoms with E-state index in [1.165, 1.54) is 205 Å². The molecule has 6 nitrogen and oxygen atoms in total. The fourth-order valence-corrected chi connectivity index (χ4v) is 8.66. The minimum Gasteiger partial charge on any atom is -0.462 e. The summed E-state index contributed by atoms with van der Waals surface area (Å²) in [6, 6.07) is 0. The first kappa shape index (κ1) is 61.4. The van der Waals surface area contributed by atoms with Crippen molar-refractivity contribution >= 4 is 17.9 Å². The lowest BCUT2D eigenvalue weighted by Crippen LogP contribution is -2.30. The molecule has 2 atom stereocenters. The molecule has 0 aliphatic heterocycles. The van der Waals surface area contributed by atoms with Crippen LogP contribution in [0.25, 0.3) is 0 Å². The standard InChI is InChI=1S/C57H110O6/c1-6-8-9-10-11-12-13-14-15-16-17-18-22-25-28-31-37-42-47-55(58)61-50-54(63-57(60)49-44-39-34-33-35-40-45-52(3)4)51-62-56(59)48-43-38-32-29-26-23-20-19-21-24-27-30-36-41-46-53(5)7-2/h52-54H,6-51H2,1-5H3/t53?,54-/m0/s1. The van der Waals surface area contributed by atoms with E-state index in [-0.39, 0.29) is 31.1 Å². The van der Waals surface area contributed by atoms with Gasteiger partial charge in [-0.2, -0.15) is 0 Å². The minimum atomic E-state index is -0.763. The fraction of sp³-hybridized carbons (Fsp3) is 0.947. The van der Waals surface area contributed by atoms with E-state index < -0.39 is 6.10 Å². The Kier molecular flexibility index (Phi) is 48.6. The number of unbranched alkanes of at least 4 members (excludes halogenated alkanes) is 35. The van der Waals surface area contributed by atoms with E-state index in [1.807, 2.05) is 0 Å². The zero-order chi connectivity index (χ0) is 46.1. The third kappa shape index (κ3) is 49.7. The van der Waals surface area contributed by atoms with Crippen LogP contribution in [0.1, 0.15) is 317 Å². The molecule has 6 heteroatoms. The first-order valence-corrected chi connectivity index (χ1v) is 28.3. The third-order valence-corrected chi connectivity index (χ3v) is 13.3. The molecule has 0 rings (SSSR count). The third-order valence-electron chi connectivity index (χ3n) is 13.3. The average Bonchev–Trinajstić information content (AvgIpc) is 3.27. The Morgan fingerprint density at radius 1 is 0.333 bits per heavy atom. The van der Waals surface area contributed by atoms with Crippen molar-refractivity contribution in [1.29, 1.82) is 0 Å². The largest absolute Gasteiger partial charge is 0.462 e. The molecule has 0 spiro atoms. The van der Waals surface area contributed by atoms with Crippen molar-refractivity contribution < 1.29 is 28.6 Å². The molecule has 0 N–H and O–H groups in total. The molecule has 0 bridgehead atoms. The smallest absolute Gasteiger partial charge is 0.306 e. The van der Waals surface area contributed by atoms with Gasteiger partial charge in [0.2, 0.25) is 0 Å². The van der Waals surface area contributed by atoms with E-state index in [2.05, 4.69) is 34.6 Å². The molecule has 0 saturated heterocycles. The van der Waals surface area contributed by atoms with Crippen LogP contribution in [0.3, 0.4) is 0 Å². The SMILES string of the molecule is CCCCCCCCCCCCCCCCCCCCC(=O)OC[C@@H](COC(=O)CCCCCCCCCCCCCCCCC(C)CC)OC(=O)CCCCCCCCC(C)C. The Bertz CT molecular complexity index is 964. The van der Waals surface area contributed by atoms with Crippen LogP contribution in [-0.2, 0) is 28.6 Å². The molecule has 0 aromatic carbocycles. The zero-order valence-corrected chi connectivity index (χ0v) is 43.2. The van der Waals surface area contributed by atoms with Gasteiger partial charge in [-0.15, -0.1) is 0 Å².